The first-order chi connectivity index (χ1) is 8.29. The van der Waals surface area contributed by atoms with Crippen molar-refractivity contribution < 1.29 is 4.74 Å². The van der Waals surface area contributed by atoms with Crippen LogP contribution in [-0.2, 0) is 4.74 Å². The zero-order valence-electron chi connectivity index (χ0n) is 10.1. The number of rotatable bonds is 4. The maximum absolute atomic E-state index is 5.74. The van der Waals surface area contributed by atoms with E-state index in [4.69, 9.17) is 4.74 Å². The molecule has 0 aliphatic carbocycles. The second-order valence-electron chi connectivity index (χ2n) is 4.33. The highest BCUT2D eigenvalue weighted by Gasteiger charge is 2.19. The second-order valence-corrected chi connectivity index (χ2v) is 5.24. The Kier molecular flexibility index (Phi) is 4.98. The summed E-state index contributed by atoms with van der Waals surface area (Å²) in [5.41, 5.74) is 1.31. The van der Waals surface area contributed by atoms with Crippen LogP contribution < -0.4 is 10.6 Å². The Morgan fingerprint density at radius 1 is 1.47 bits per heavy atom. The fourth-order valence-corrected chi connectivity index (χ4v) is 2.41. The van der Waals surface area contributed by atoms with Crippen LogP contribution in [0.25, 0.3) is 0 Å². The van der Waals surface area contributed by atoms with Crippen molar-refractivity contribution in [1.82, 2.24) is 10.6 Å². The van der Waals surface area contributed by atoms with Crippen LogP contribution in [0.2, 0.25) is 0 Å². The van der Waals surface area contributed by atoms with Crippen molar-refractivity contribution in [3.05, 3.63) is 34.3 Å². The predicted molar refractivity (Wildman–Crippen MR) is 73.2 cm³/mol. The number of hydrogen-bond donors (Lipinski definition) is 2. The molecule has 2 N–H and O–H groups in total. The quantitative estimate of drug-likeness (QED) is 0.893. The van der Waals surface area contributed by atoms with E-state index in [0.717, 1.165) is 30.6 Å². The summed E-state index contributed by atoms with van der Waals surface area (Å²) in [7, 11) is 2.00. The van der Waals surface area contributed by atoms with E-state index in [0.29, 0.717) is 12.1 Å². The summed E-state index contributed by atoms with van der Waals surface area (Å²) in [5, 5.41) is 6.73. The Morgan fingerprint density at radius 3 is 2.82 bits per heavy atom. The third-order valence-corrected chi connectivity index (χ3v) is 3.65. The molecule has 1 heterocycles. The summed E-state index contributed by atoms with van der Waals surface area (Å²) in [6.07, 6.45) is 1.32. The SMILES string of the molecule is CNC(CC1CNCCO1)c1ccc(Br)cc1. The molecule has 0 saturated carbocycles. The lowest BCUT2D eigenvalue weighted by molar-refractivity contribution is 0.0176. The lowest BCUT2D eigenvalue weighted by atomic mass is 10.0. The number of benzene rings is 1. The van der Waals surface area contributed by atoms with E-state index < -0.39 is 0 Å². The van der Waals surface area contributed by atoms with Gasteiger partial charge in [0.1, 0.15) is 0 Å². The smallest absolute Gasteiger partial charge is 0.0718 e. The molecule has 1 fully saturated rings. The van der Waals surface area contributed by atoms with Gasteiger partial charge in [0.25, 0.3) is 0 Å². The van der Waals surface area contributed by atoms with Crippen molar-refractivity contribution in [2.45, 2.75) is 18.6 Å². The number of hydrogen-bond acceptors (Lipinski definition) is 3. The van der Waals surface area contributed by atoms with Gasteiger partial charge >= 0.3 is 0 Å². The molecule has 17 heavy (non-hydrogen) atoms. The zero-order chi connectivity index (χ0) is 12.1. The van der Waals surface area contributed by atoms with E-state index in [2.05, 4.69) is 50.8 Å². The molecule has 1 aromatic carbocycles. The van der Waals surface area contributed by atoms with Crippen LogP contribution in [0.3, 0.4) is 0 Å². The van der Waals surface area contributed by atoms with Crippen LogP contribution in [-0.4, -0.2) is 32.8 Å². The van der Waals surface area contributed by atoms with Gasteiger partial charge in [0.2, 0.25) is 0 Å². The normalized spacial score (nSPS) is 22.4. The highest BCUT2D eigenvalue weighted by Crippen LogP contribution is 2.22. The Balaban J connectivity index is 1.97. The standard InChI is InChI=1S/C13H19BrN2O/c1-15-13(8-12-9-16-6-7-17-12)10-2-4-11(14)5-3-10/h2-5,12-13,15-16H,6-9H2,1H3. The van der Waals surface area contributed by atoms with Crippen LogP contribution in [0.4, 0.5) is 0 Å². The Morgan fingerprint density at radius 2 is 2.24 bits per heavy atom. The molecule has 0 bridgehead atoms. The van der Waals surface area contributed by atoms with Gasteiger partial charge in [0, 0.05) is 23.6 Å². The molecule has 2 rings (SSSR count). The molecular formula is C13H19BrN2O. The molecule has 2 atom stereocenters. The first kappa shape index (κ1) is 13.0. The molecule has 1 aliphatic rings. The van der Waals surface area contributed by atoms with Gasteiger partial charge in [-0.15, -0.1) is 0 Å². The van der Waals surface area contributed by atoms with E-state index in [1.165, 1.54) is 5.56 Å². The first-order valence-electron chi connectivity index (χ1n) is 6.04. The summed E-state index contributed by atoms with van der Waals surface area (Å²) in [4.78, 5) is 0. The minimum atomic E-state index is 0.310. The number of nitrogens with one attached hydrogen (secondary N) is 2. The maximum Gasteiger partial charge on any atom is 0.0718 e. The minimum absolute atomic E-state index is 0.310. The Labute approximate surface area is 111 Å². The molecule has 3 nitrogen and oxygen atoms in total. The van der Waals surface area contributed by atoms with E-state index in [1.54, 1.807) is 0 Å². The molecule has 0 radical (unpaired) electrons. The van der Waals surface area contributed by atoms with Crippen LogP contribution in [0.5, 0.6) is 0 Å². The summed E-state index contributed by atoms with van der Waals surface area (Å²) in [6, 6.07) is 8.83. The van der Waals surface area contributed by atoms with E-state index >= 15 is 0 Å². The zero-order valence-corrected chi connectivity index (χ0v) is 11.7. The summed E-state index contributed by atoms with van der Waals surface area (Å²) in [6.45, 7) is 2.75. The topological polar surface area (TPSA) is 33.3 Å². The summed E-state index contributed by atoms with van der Waals surface area (Å²) < 4.78 is 6.86. The first-order valence-corrected chi connectivity index (χ1v) is 6.84. The van der Waals surface area contributed by atoms with Gasteiger partial charge < -0.3 is 15.4 Å². The van der Waals surface area contributed by atoms with Crippen LogP contribution in [0.15, 0.2) is 28.7 Å². The van der Waals surface area contributed by atoms with Crippen molar-refractivity contribution in [1.29, 1.82) is 0 Å². The molecule has 0 aromatic heterocycles. The van der Waals surface area contributed by atoms with Gasteiger partial charge in [-0.3, -0.25) is 0 Å². The molecule has 2 unspecified atom stereocenters. The van der Waals surface area contributed by atoms with Gasteiger partial charge in [-0.25, -0.2) is 0 Å². The maximum atomic E-state index is 5.74. The van der Waals surface area contributed by atoms with E-state index in [1.807, 2.05) is 7.05 Å². The largest absolute Gasteiger partial charge is 0.376 e. The molecule has 1 saturated heterocycles. The Bertz CT molecular complexity index is 336. The average molecular weight is 299 g/mol. The second kappa shape index (κ2) is 6.50. The molecule has 94 valence electrons. The highest BCUT2D eigenvalue weighted by atomic mass is 79.9. The predicted octanol–water partition coefficient (Wildman–Crippen LogP) is 2.09. The summed E-state index contributed by atoms with van der Waals surface area (Å²) >= 11 is 3.46. The monoisotopic (exact) mass is 298 g/mol. The van der Waals surface area contributed by atoms with Gasteiger partial charge in [-0.05, 0) is 31.2 Å². The lowest BCUT2D eigenvalue weighted by Crippen LogP contribution is -2.40. The fraction of sp³-hybridized carbons (Fsp3) is 0.538. The van der Waals surface area contributed by atoms with Gasteiger partial charge in [-0.1, -0.05) is 28.1 Å². The van der Waals surface area contributed by atoms with Crippen molar-refractivity contribution in [3.63, 3.8) is 0 Å². The number of ether oxygens (including phenoxy) is 1. The van der Waals surface area contributed by atoms with Crippen molar-refractivity contribution in [2.75, 3.05) is 26.7 Å². The van der Waals surface area contributed by atoms with E-state index in [9.17, 15) is 0 Å². The van der Waals surface area contributed by atoms with Crippen LogP contribution in [0.1, 0.15) is 18.0 Å². The lowest BCUT2D eigenvalue weighted by Gasteiger charge is -2.27. The molecule has 0 amide bonds. The third-order valence-electron chi connectivity index (χ3n) is 3.12. The van der Waals surface area contributed by atoms with Crippen LogP contribution in [0, 0.1) is 0 Å². The number of halogens is 1. The molecule has 1 aromatic rings. The van der Waals surface area contributed by atoms with Gasteiger partial charge in [-0.2, -0.15) is 0 Å². The summed E-state index contributed by atoms with van der Waals surface area (Å²) in [5.74, 6) is 0. The van der Waals surface area contributed by atoms with Crippen molar-refractivity contribution in [3.8, 4) is 0 Å². The van der Waals surface area contributed by atoms with Crippen LogP contribution >= 0.6 is 15.9 Å². The highest BCUT2D eigenvalue weighted by molar-refractivity contribution is 9.10. The van der Waals surface area contributed by atoms with Crippen molar-refractivity contribution in [2.24, 2.45) is 0 Å². The third kappa shape index (κ3) is 3.78. The fourth-order valence-electron chi connectivity index (χ4n) is 2.15. The number of morpholine rings is 1. The van der Waals surface area contributed by atoms with Crippen molar-refractivity contribution >= 4 is 15.9 Å². The van der Waals surface area contributed by atoms with E-state index in [-0.39, 0.29) is 0 Å². The van der Waals surface area contributed by atoms with Gasteiger partial charge in [0.05, 0.1) is 12.7 Å². The molecular weight excluding hydrogens is 280 g/mol. The molecule has 0 spiro atoms. The Hall–Kier alpha value is -0.420. The molecule has 4 heteroatoms. The van der Waals surface area contributed by atoms with Gasteiger partial charge in [0.15, 0.2) is 0 Å². The average Bonchev–Trinajstić information content (AvgIpc) is 2.38. The minimum Gasteiger partial charge on any atom is -0.376 e. The molecule has 1 aliphatic heterocycles.